The average molecular weight is 461 g/mol. The maximum absolute atomic E-state index is 6.31. The number of halogens is 2. The van der Waals surface area contributed by atoms with Crippen molar-refractivity contribution in [3.05, 3.63) is 65.2 Å². The van der Waals surface area contributed by atoms with Crippen LogP contribution in [0.4, 0.5) is 0 Å². The normalized spacial score (nSPS) is 11.0. The van der Waals surface area contributed by atoms with Gasteiger partial charge in [0.25, 0.3) is 0 Å². The van der Waals surface area contributed by atoms with E-state index in [9.17, 15) is 0 Å². The summed E-state index contributed by atoms with van der Waals surface area (Å²) in [5.41, 5.74) is 3.27. The molecule has 2 heterocycles. The summed E-state index contributed by atoms with van der Waals surface area (Å²) in [6, 6.07) is 11.1. The van der Waals surface area contributed by atoms with Crippen LogP contribution in [0.15, 0.2) is 60.1 Å². The molecule has 0 saturated carbocycles. The molecule has 2 aromatic heterocycles. The predicted molar refractivity (Wildman–Crippen MR) is 121 cm³/mol. The molecule has 0 radical (unpaired) electrons. The van der Waals surface area contributed by atoms with Crippen molar-refractivity contribution in [1.82, 2.24) is 19.3 Å². The lowest BCUT2D eigenvalue weighted by Gasteiger charge is -2.15. The first-order chi connectivity index (χ1) is 14.6. The van der Waals surface area contributed by atoms with Gasteiger partial charge in [-0.1, -0.05) is 23.2 Å². The van der Waals surface area contributed by atoms with Crippen molar-refractivity contribution in [2.24, 2.45) is 0 Å². The minimum absolute atomic E-state index is 0.447. The van der Waals surface area contributed by atoms with Gasteiger partial charge >= 0.3 is 0 Å². The highest BCUT2D eigenvalue weighted by molar-refractivity contribution is 7.98. The van der Waals surface area contributed by atoms with Crippen molar-refractivity contribution in [3.8, 4) is 34.1 Å². The minimum Gasteiger partial charge on any atom is -0.497 e. The zero-order valence-electron chi connectivity index (χ0n) is 16.5. The standard InChI is InChI=1S/C21H18Cl2N4O2S/c1-28-14-5-7-18(29-2)15(11-14)19-20(26-9-8-24-12-26)21(30-3)25-27(19)13-4-6-16(22)17(23)10-13/h4-12H,1-3H3. The van der Waals surface area contributed by atoms with Crippen LogP contribution in [-0.2, 0) is 0 Å². The average Bonchev–Trinajstić information content (AvgIpc) is 3.42. The molecule has 0 fully saturated rings. The molecule has 154 valence electrons. The van der Waals surface area contributed by atoms with Crippen molar-refractivity contribution >= 4 is 35.0 Å². The number of hydrogen-bond acceptors (Lipinski definition) is 5. The second kappa shape index (κ2) is 8.63. The van der Waals surface area contributed by atoms with Crippen molar-refractivity contribution < 1.29 is 9.47 Å². The number of methoxy groups -OCH3 is 2. The number of benzene rings is 2. The van der Waals surface area contributed by atoms with Crippen molar-refractivity contribution in [3.63, 3.8) is 0 Å². The van der Waals surface area contributed by atoms with E-state index in [1.807, 2.05) is 46.0 Å². The Balaban J connectivity index is 2.09. The maximum Gasteiger partial charge on any atom is 0.143 e. The molecule has 0 amide bonds. The fourth-order valence-corrected chi connectivity index (χ4v) is 4.05. The van der Waals surface area contributed by atoms with E-state index < -0.39 is 0 Å². The maximum atomic E-state index is 6.31. The lowest BCUT2D eigenvalue weighted by molar-refractivity contribution is 0.404. The van der Waals surface area contributed by atoms with Gasteiger partial charge in [0.15, 0.2) is 0 Å². The Bertz CT molecular complexity index is 1190. The van der Waals surface area contributed by atoms with E-state index in [0.717, 1.165) is 27.7 Å². The zero-order valence-corrected chi connectivity index (χ0v) is 18.8. The largest absolute Gasteiger partial charge is 0.497 e. The number of aromatic nitrogens is 4. The van der Waals surface area contributed by atoms with Crippen LogP contribution in [0.25, 0.3) is 22.6 Å². The van der Waals surface area contributed by atoms with Crippen molar-refractivity contribution in [2.45, 2.75) is 5.03 Å². The van der Waals surface area contributed by atoms with Gasteiger partial charge in [0.2, 0.25) is 0 Å². The topological polar surface area (TPSA) is 54.1 Å². The first kappa shape index (κ1) is 20.7. The first-order valence-electron chi connectivity index (χ1n) is 8.90. The predicted octanol–water partition coefficient (Wildman–Crippen LogP) is 5.77. The Morgan fingerprint density at radius 2 is 1.83 bits per heavy atom. The molecule has 0 unspecified atom stereocenters. The monoisotopic (exact) mass is 460 g/mol. The van der Waals surface area contributed by atoms with Gasteiger partial charge in [0.05, 0.1) is 36.3 Å². The third kappa shape index (κ3) is 3.64. The third-order valence-corrected chi connectivity index (χ3v) is 6.00. The second-order valence-electron chi connectivity index (χ2n) is 6.25. The van der Waals surface area contributed by atoms with Crippen LogP contribution in [0.1, 0.15) is 0 Å². The summed E-state index contributed by atoms with van der Waals surface area (Å²) >= 11 is 14.0. The molecule has 6 nitrogen and oxygen atoms in total. The Labute approximate surface area is 188 Å². The van der Waals surface area contributed by atoms with Crippen LogP contribution in [0, 0.1) is 0 Å². The van der Waals surface area contributed by atoms with Crippen LogP contribution in [-0.4, -0.2) is 39.8 Å². The van der Waals surface area contributed by atoms with Gasteiger partial charge < -0.3 is 14.0 Å². The van der Waals surface area contributed by atoms with Gasteiger partial charge in [-0.2, -0.15) is 5.10 Å². The fourth-order valence-electron chi connectivity index (χ4n) is 3.20. The Kier molecular flexibility index (Phi) is 5.94. The summed E-state index contributed by atoms with van der Waals surface area (Å²) in [6.07, 6.45) is 7.33. The van der Waals surface area contributed by atoms with E-state index in [4.69, 9.17) is 37.8 Å². The number of hydrogen-bond donors (Lipinski definition) is 0. The fraction of sp³-hybridized carbons (Fsp3) is 0.143. The van der Waals surface area contributed by atoms with Crippen LogP contribution in [0.3, 0.4) is 0 Å². The highest BCUT2D eigenvalue weighted by Gasteiger charge is 2.25. The molecule has 4 aromatic rings. The SMILES string of the molecule is COc1ccc(OC)c(-c2c(-n3ccnc3)c(SC)nn2-c2ccc(Cl)c(Cl)c2)c1. The molecule has 9 heteroatoms. The lowest BCUT2D eigenvalue weighted by Crippen LogP contribution is -2.03. The first-order valence-corrected chi connectivity index (χ1v) is 10.9. The van der Waals surface area contributed by atoms with E-state index in [0.29, 0.717) is 21.5 Å². The molecular formula is C21H18Cl2N4O2S. The Hall–Kier alpha value is -2.61. The molecule has 0 aliphatic carbocycles. The van der Waals surface area contributed by atoms with Gasteiger partial charge in [-0.25, -0.2) is 9.67 Å². The molecule has 0 aliphatic heterocycles. The quantitative estimate of drug-likeness (QED) is 0.341. The van der Waals surface area contributed by atoms with E-state index >= 15 is 0 Å². The van der Waals surface area contributed by atoms with E-state index in [2.05, 4.69) is 4.98 Å². The Morgan fingerprint density at radius 3 is 2.47 bits per heavy atom. The number of imidazole rings is 1. The number of thioether (sulfide) groups is 1. The van der Waals surface area contributed by atoms with Crippen LogP contribution in [0.2, 0.25) is 10.0 Å². The highest BCUT2D eigenvalue weighted by Crippen LogP contribution is 2.42. The summed E-state index contributed by atoms with van der Waals surface area (Å²) in [5.74, 6) is 1.39. The van der Waals surface area contributed by atoms with Crippen LogP contribution < -0.4 is 9.47 Å². The number of ether oxygens (including phenoxy) is 2. The van der Waals surface area contributed by atoms with Gasteiger partial charge in [0.1, 0.15) is 27.9 Å². The molecule has 30 heavy (non-hydrogen) atoms. The molecule has 0 atom stereocenters. The highest BCUT2D eigenvalue weighted by atomic mass is 35.5. The van der Waals surface area contributed by atoms with Gasteiger partial charge in [-0.05, 0) is 42.7 Å². The molecule has 2 aromatic carbocycles. The summed E-state index contributed by atoms with van der Waals surface area (Å²) in [6.45, 7) is 0. The van der Waals surface area contributed by atoms with Crippen LogP contribution in [0.5, 0.6) is 11.5 Å². The van der Waals surface area contributed by atoms with Gasteiger partial charge in [-0.3, -0.25) is 0 Å². The second-order valence-corrected chi connectivity index (χ2v) is 7.86. The lowest BCUT2D eigenvalue weighted by atomic mass is 10.1. The van der Waals surface area contributed by atoms with Gasteiger partial charge in [-0.15, -0.1) is 11.8 Å². The Morgan fingerprint density at radius 1 is 1.00 bits per heavy atom. The third-order valence-electron chi connectivity index (χ3n) is 4.59. The summed E-state index contributed by atoms with van der Waals surface area (Å²) < 4.78 is 14.9. The molecule has 0 bridgehead atoms. The van der Waals surface area contributed by atoms with Crippen molar-refractivity contribution in [1.29, 1.82) is 0 Å². The van der Waals surface area contributed by atoms with E-state index in [1.165, 1.54) is 11.8 Å². The van der Waals surface area contributed by atoms with E-state index in [-0.39, 0.29) is 0 Å². The van der Waals surface area contributed by atoms with Crippen LogP contribution >= 0.6 is 35.0 Å². The van der Waals surface area contributed by atoms with E-state index in [1.54, 1.807) is 38.9 Å². The molecule has 0 saturated heterocycles. The minimum atomic E-state index is 0.447. The number of nitrogens with zero attached hydrogens (tertiary/aromatic N) is 4. The molecule has 0 spiro atoms. The number of rotatable bonds is 6. The molecule has 4 rings (SSSR count). The smallest absolute Gasteiger partial charge is 0.143 e. The summed E-state index contributed by atoms with van der Waals surface area (Å²) in [4.78, 5) is 4.21. The molecular weight excluding hydrogens is 443 g/mol. The van der Waals surface area contributed by atoms with Gasteiger partial charge in [0, 0.05) is 18.0 Å². The zero-order chi connectivity index (χ0) is 21.3. The summed E-state index contributed by atoms with van der Waals surface area (Å²) in [7, 11) is 3.27. The van der Waals surface area contributed by atoms with Crippen molar-refractivity contribution in [2.75, 3.05) is 20.5 Å². The summed E-state index contributed by atoms with van der Waals surface area (Å²) in [5, 5.41) is 6.61. The molecule has 0 aliphatic rings. The molecule has 0 N–H and O–H groups in total.